The first-order valence-electron chi connectivity index (χ1n) is 8.61. The zero-order valence-electron chi connectivity index (χ0n) is 15.7. The second kappa shape index (κ2) is 8.80. The topological polar surface area (TPSA) is 59.5 Å². The fourth-order valence-electron chi connectivity index (χ4n) is 2.62. The van der Waals surface area contributed by atoms with Crippen molar-refractivity contribution in [1.82, 2.24) is 4.98 Å². The van der Waals surface area contributed by atoms with Crippen molar-refractivity contribution in [2.75, 3.05) is 4.90 Å². The van der Waals surface area contributed by atoms with Crippen molar-refractivity contribution < 1.29 is 36.3 Å². The maximum atomic E-state index is 13.7. The molecule has 1 amide bonds. The Morgan fingerprint density at radius 3 is 2.35 bits per heavy atom. The van der Waals surface area contributed by atoms with Crippen LogP contribution in [0.5, 0.6) is 0 Å². The van der Waals surface area contributed by atoms with Crippen LogP contribution in [0.2, 0.25) is 0 Å². The van der Waals surface area contributed by atoms with Gasteiger partial charge in [-0.3, -0.25) is 9.69 Å². The quantitative estimate of drug-likeness (QED) is 0.377. The molecule has 1 aromatic heterocycles. The predicted molar refractivity (Wildman–Crippen MR) is 102 cm³/mol. The summed E-state index contributed by atoms with van der Waals surface area (Å²) in [5.41, 5.74) is -1.70. The summed E-state index contributed by atoms with van der Waals surface area (Å²) < 4.78 is 71.2. The van der Waals surface area contributed by atoms with Crippen molar-refractivity contribution in [3.05, 3.63) is 76.3 Å². The molecule has 0 saturated carbocycles. The van der Waals surface area contributed by atoms with E-state index in [2.05, 4.69) is 4.98 Å². The molecule has 1 heterocycles. The monoisotopic (exact) mass is 456 g/mol. The van der Waals surface area contributed by atoms with E-state index >= 15 is 0 Å². The number of alkyl halides is 3. The molecule has 0 unspecified atom stereocenters. The van der Waals surface area contributed by atoms with Crippen LogP contribution in [0.3, 0.4) is 0 Å². The largest absolute Gasteiger partial charge is 0.455 e. The number of carbonyl (C=O) groups is 2. The number of carbonyl (C=O) groups excluding carboxylic acids is 2. The lowest BCUT2D eigenvalue weighted by molar-refractivity contribution is -0.137. The van der Waals surface area contributed by atoms with Crippen molar-refractivity contribution in [2.45, 2.75) is 19.7 Å². The minimum absolute atomic E-state index is 0.0370. The summed E-state index contributed by atoms with van der Waals surface area (Å²) >= 11 is 0.921. The molecule has 0 N–H and O–H groups in total. The molecule has 0 aliphatic carbocycles. The van der Waals surface area contributed by atoms with Crippen LogP contribution in [0, 0.1) is 11.6 Å². The average Bonchev–Trinajstić information content (AvgIpc) is 3.14. The average molecular weight is 456 g/mol. The predicted octanol–water partition coefficient (Wildman–Crippen LogP) is 5.48. The van der Waals surface area contributed by atoms with Crippen molar-refractivity contribution in [3.63, 3.8) is 0 Å². The number of hydrogen-bond acceptors (Lipinski definition) is 5. The molecule has 31 heavy (non-hydrogen) atoms. The summed E-state index contributed by atoms with van der Waals surface area (Å²) in [6, 6.07) is 7.06. The second-order valence-corrected chi connectivity index (χ2v) is 7.03. The number of rotatable bonds is 5. The Kier molecular flexibility index (Phi) is 6.34. The normalized spacial score (nSPS) is 11.3. The Morgan fingerprint density at radius 2 is 1.74 bits per heavy atom. The summed E-state index contributed by atoms with van der Waals surface area (Å²) in [7, 11) is 0. The highest BCUT2D eigenvalue weighted by Crippen LogP contribution is 2.35. The van der Waals surface area contributed by atoms with Gasteiger partial charge in [0, 0.05) is 12.3 Å². The zero-order valence-corrected chi connectivity index (χ0v) is 16.6. The third-order valence-electron chi connectivity index (χ3n) is 4.00. The summed E-state index contributed by atoms with van der Waals surface area (Å²) in [5.74, 6) is -4.01. The Bertz CT molecular complexity index is 1110. The number of ether oxygens (including phenoxy) is 1. The molecule has 0 fully saturated rings. The number of benzene rings is 2. The lowest BCUT2D eigenvalue weighted by Gasteiger charge is -2.19. The summed E-state index contributed by atoms with van der Waals surface area (Å²) in [5, 5.41) is 1.44. The highest BCUT2D eigenvalue weighted by molar-refractivity contribution is 7.14. The third kappa shape index (κ3) is 5.05. The molecule has 2 aromatic carbocycles. The summed E-state index contributed by atoms with van der Waals surface area (Å²) in [6.07, 6.45) is -4.59. The fourth-order valence-corrected chi connectivity index (χ4v) is 3.49. The highest BCUT2D eigenvalue weighted by atomic mass is 32.1. The molecule has 0 saturated heterocycles. The Balaban J connectivity index is 1.80. The van der Waals surface area contributed by atoms with E-state index in [4.69, 9.17) is 4.74 Å². The van der Waals surface area contributed by atoms with Crippen LogP contribution in [-0.2, 0) is 22.3 Å². The number of nitrogens with zero attached hydrogens (tertiary/aromatic N) is 2. The van der Waals surface area contributed by atoms with Gasteiger partial charge in [0.2, 0.25) is 5.91 Å². The van der Waals surface area contributed by atoms with Crippen LogP contribution in [0.4, 0.5) is 32.8 Å². The molecule has 0 radical (unpaired) electrons. The van der Waals surface area contributed by atoms with Crippen LogP contribution in [0.15, 0.2) is 47.8 Å². The van der Waals surface area contributed by atoms with Gasteiger partial charge in [-0.1, -0.05) is 12.1 Å². The maximum Gasteiger partial charge on any atom is 0.416 e. The molecular weight excluding hydrogens is 443 g/mol. The molecule has 0 bridgehead atoms. The molecular formula is C20H13F5N2O3S. The van der Waals surface area contributed by atoms with Gasteiger partial charge in [0.25, 0.3) is 0 Å². The smallest absolute Gasteiger partial charge is 0.416 e. The van der Waals surface area contributed by atoms with Gasteiger partial charge in [0.1, 0.15) is 23.8 Å². The van der Waals surface area contributed by atoms with E-state index in [9.17, 15) is 31.5 Å². The van der Waals surface area contributed by atoms with E-state index in [0.717, 1.165) is 59.6 Å². The number of hydrogen-bond donors (Lipinski definition) is 0. The molecule has 0 atom stereocenters. The molecule has 3 aromatic rings. The van der Waals surface area contributed by atoms with E-state index in [1.165, 1.54) is 11.4 Å². The maximum absolute atomic E-state index is 13.7. The van der Waals surface area contributed by atoms with Crippen molar-refractivity contribution in [2.24, 2.45) is 0 Å². The number of thiazole rings is 1. The Labute approximate surface area is 176 Å². The highest BCUT2D eigenvalue weighted by Gasteiger charge is 2.31. The molecule has 3 rings (SSSR count). The van der Waals surface area contributed by atoms with E-state index in [-0.39, 0.29) is 16.5 Å². The van der Waals surface area contributed by atoms with E-state index in [1.807, 2.05) is 0 Å². The lowest BCUT2D eigenvalue weighted by atomic mass is 10.2. The first kappa shape index (κ1) is 22.3. The van der Waals surface area contributed by atoms with Crippen molar-refractivity contribution >= 4 is 34.0 Å². The van der Waals surface area contributed by atoms with E-state index < -0.39 is 47.4 Å². The minimum atomic E-state index is -4.59. The number of aromatic nitrogens is 1. The second-order valence-electron chi connectivity index (χ2n) is 6.20. The van der Waals surface area contributed by atoms with Gasteiger partial charge < -0.3 is 4.74 Å². The van der Waals surface area contributed by atoms with Crippen molar-refractivity contribution in [3.8, 4) is 0 Å². The van der Waals surface area contributed by atoms with Gasteiger partial charge in [0.05, 0.1) is 16.9 Å². The van der Waals surface area contributed by atoms with Crippen molar-refractivity contribution in [1.29, 1.82) is 0 Å². The first-order chi connectivity index (χ1) is 14.6. The summed E-state index contributed by atoms with van der Waals surface area (Å²) in [6.45, 7) is 0.694. The van der Waals surface area contributed by atoms with Gasteiger partial charge in [0.15, 0.2) is 5.13 Å². The number of amides is 1. The van der Waals surface area contributed by atoms with Crippen LogP contribution in [0.25, 0.3) is 0 Å². The number of esters is 1. The molecule has 0 aliphatic heterocycles. The van der Waals surface area contributed by atoms with Crippen LogP contribution >= 0.6 is 11.3 Å². The van der Waals surface area contributed by atoms with Gasteiger partial charge >= 0.3 is 12.1 Å². The van der Waals surface area contributed by atoms with Crippen LogP contribution < -0.4 is 4.90 Å². The van der Waals surface area contributed by atoms with Gasteiger partial charge in [-0.25, -0.2) is 18.6 Å². The third-order valence-corrected chi connectivity index (χ3v) is 4.87. The van der Waals surface area contributed by atoms with Gasteiger partial charge in [-0.05, 0) is 30.3 Å². The van der Waals surface area contributed by atoms with Crippen LogP contribution in [0.1, 0.15) is 28.5 Å². The standard InChI is InChI=1S/C20H13F5N2O3S/c1-11(28)27(14-5-2-4-12(8-14)20(23,24)25)19-26-13(10-31-19)9-30-18(29)17-15(21)6-3-7-16(17)22/h2-8,10H,9H2,1H3. The van der Waals surface area contributed by atoms with Gasteiger partial charge in [-0.15, -0.1) is 11.3 Å². The lowest BCUT2D eigenvalue weighted by Crippen LogP contribution is -2.23. The van der Waals surface area contributed by atoms with Crippen LogP contribution in [-0.4, -0.2) is 16.9 Å². The number of anilines is 2. The Morgan fingerprint density at radius 1 is 1.10 bits per heavy atom. The SMILES string of the molecule is CC(=O)N(c1cccc(C(F)(F)F)c1)c1nc(COC(=O)c2c(F)cccc2F)cs1. The molecule has 11 heteroatoms. The molecule has 0 aliphatic rings. The molecule has 5 nitrogen and oxygen atoms in total. The zero-order chi connectivity index (χ0) is 22.8. The summed E-state index contributed by atoms with van der Waals surface area (Å²) in [4.78, 5) is 29.1. The van der Waals surface area contributed by atoms with E-state index in [1.54, 1.807) is 0 Å². The Hall–Kier alpha value is -3.34. The van der Waals surface area contributed by atoms with E-state index in [0.29, 0.717) is 0 Å². The fraction of sp³-hybridized carbons (Fsp3) is 0.150. The first-order valence-corrected chi connectivity index (χ1v) is 9.49. The molecule has 0 spiro atoms. The molecule has 162 valence electrons. The van der Waals surface area contributed by atoms with Gasteiger partial charge in [-0.2, -0.15) is 13.2 Å². The minimum Gasteiger partial charge on any atom is -0.455 e. The number of halogens is 5.